The largest absolute Gasteiger partial charge is 0.467 e. The number of allylic oxidation sites excluding steroid dienone is 1. The van der Waals surface area contributed by atoms with Gasteiger partial charge in [-0.1, -0.05) is 19.4 Å². The number of furan rings is 1. The summed E-state index contributed by atoms with van der Waals surface area (Å²) in [4.78, 5) is 49.7. The molecule has 1 aromatic heterocycles. The van der Waals surface area contributed by atoms with E-state index in [-0.39, 0.29) is 67.1 Å². The lowest BCUT2D eigenvalue weighted by molar-refractivity contribution is -0.184. The van der Waals surface area contributed by atoms with Crippen molar-refractivity contribution in [3.8, 4) is 0 Å². The zero-order valence-electron chi connectivity index (χ0n) is 22.7. The van der Waals surface area contributed by atoms with Gasteiger partial charge in [-0.2, -0.15) is 0 Å². The Bertz CT molecular complexity index is 1170. The fraction of sp³-hybridized carbons (Fsp3) is 0.667. The normalized spacial score (nSPS) is 37.2. The van der Waals surface area contributed by atoms with E-state index >= 15 is 0 Å². The number of hydrogen-bond acceptors (Lipinski definition) is 8. The highest BCUT2D eigenvalue weighted by Gasteiger charge is 2.68. The van der Waals surface area contributed by atoms with E-state index in [1.54, 1.807) is 18.2 Å². The number of hydrogen-bond donors (Lipinski definition) is 3. The number of nitrogens with one attached hydrogen (secondary N) is 1. The van der Waals surface area contributed by atoms with Crippen LogP contribution in [0.15, 0.2) is 34.5 Å². The van der Waals surface area contributed by atoms with Crippen molar-refractivity contribution in [2.75, 3.05) is 6.61 Å². The van der Waals surface area contributed by atoms with Gasteiger partial charge in [0, 0.05) is 18.3 Å². The zero-order valence-corrected chi connectivity index (χ0v) is 22.7. The lowest BCUT2D eigenvalue weighted by atomic mass is 9.45. The van der Waals surface area contributed by atoms with Crippen molar-refractivity contribution in [2.24, 2.45) is 28.6 Å². The van der Waals surface area contributed by atoms with Crippen molar-refractivity contribution in [2.45, 2.75) is 89.9 Å². The van der Waals surface area contributed by atoms with Crippen LogP contribution >= 0.6 is 0 Å². The molecule has 7 atom stereocenters. The highest BCUT2D eigenvalue weighted by Crippen LogP contribution is 2.67. The van der Waals surface area contributed by atoms with Gasteiger partial charge in [0.2, 0.25) is 11.7 Å². The maximum absolute atomic E-state index is 13.4. The van der Waals surface area contributed by atoms with Crippen LogP contribution in [0.1, 0.15) is 77.4 Å². The van der Waals surface area contributed by atoms with Gasteiger partial charge in [0.1, 0.15) is 11.4 Å². The van der Waals surface area contributed by atoms with Crippen LogP contribution < -0.4 is 5.32 Å². The van der Waals surface area contributed by atoms with E-state index in [1.807, 2.05) is 6.92 Å². The number of fused-ring (bicyclic) bond motifs is 5. The van der Waals surface area contributed by atoms with Crippen molar-refractivity contribution in [3.63, 3.8) is 0 Å². The molecule has 1 amide bonds. The van der Waals surface area contributed by atoms with Crippen LogP contribution in [0.2, 0.25) is 0 Å². The smallest absolute Gasteiger partial charge is 0.306 e. The van der Waals surface area contributed by atoms with Gasteiger partial charge >= 0.3 is 5.97 Å². The quantitative estimate of drug-likeness (QED) is 0.426. The van der Waals surface area contributed by atoms with Gasteiger partial charge < -0.3 is 24.7 Å². The van der Waals surface area contributed by atoms with Crippen molar-refractivity contribution in [1.82, 2.24) is 5.32 Å². The Balaban J connectivity index is 1.19. The average molecular weight is 542 g/mol. The van der Waals surface area contributed by atoms with Crippen molar-refractivity contribution < 1.29 is 38.5 Å². The second-order valence-electron chi connectivity index (χ2n) is 12.4. The molecule has 9 heteroatoms. The predicted octanol–water partition coefficient (Wildman–Crippen LogP) is 3.02. The first kappa shape index (κ1) is 27.8. The number of amides is 1. The lowest BCUT2D eigenvalue weighted by Crippen LogP contribution is -2.62. The van der Waals surface area contributed by atoms with Gasteiger partial charge in [-0.25, -0.2) is 0 Å². The SMILES string of the molecule is C[C@]12CCC(=O)C=C1CCC1C2C(O)C[C@@]2(C)C1CC[C@]2(O)C(=O)COC(=O)CCC(=O)NCc1ccco1. The monoisotopic (exact) mass is 541 g/mol. The Hall–Kier alpha value is -2.78. The number of esters is 1. The third kappa shape index (κ3) is 4.78. The number of aliphatic hydroxyl groups is 2. The van der Waals surface area contributed by atoms with Crippen LogP contribution in [0.25, 0.3) is 0 Å². The molecule has 0 bridgehead atoms. The molecule has 9 nitrogen and oxygen atoms in total. The molecule has 5 rings (SSSR count). The molecular weight excluding hydrogens is 502 g/mol. The van der Waals surface area contributed by atoms with E-state index in [0.717, 1.165) is 24.8 Å². The Morgan fingerprint density at radius 1 is 1.15 bits per heavy atom. The summed E-state index contributed by atoms with van der Waals surface area (Å²) in [6.45, 7) is 3.71. The Morgan fingerprint density at radius 2 is 1.95 bits per heavy atom. The number of rotatable bonds is 8. The topological polar surface area (TPSA) is 143 Å². The maximum atomic E-state index is 13.4. The number of aliphatic hydroxyl groups excluding tert-OH is 1. The van der Waals surface area contributed by atoms with Gasteiger partial charge in [0.05, 0.1) is 25.3 Å². The van der Waals surface area contributed by atoms with Gasteiger partial charge in [-0.05, 0) is 79.9 Å². The molecule has 0 radical (unpaired) electrons. The van der Waals surface area contributed by atoms with Gasteiger partial charge in [0.15, 0.2) is 12.4 Å². The van der Waals surface area contributed by atoms with E-state index in [0.29, 0.717) is 18.6 Å². The zero-order chi connectivity index (χ0) is 28.0. The van der Waals surface area contributed by atoms with Crippen LogP contribution in [0.3, 0.4) is 0 Å². The molecule has 0 spiro atoms. The second kappa shape index (κ2) is 10.3. The number of Topliss-reactive ketones (excluding diaryl/α,β-unsaturated/α-hetero) is 1. The van der Waals surface area contributed by atoms with E-state index in [4.69, 9.17) is 9.15 Å². The summed E-state index contributed by atoms with van der Waals surface area (Å²) in [6, 6.07) is 3.44. The van der Waals surface area contributed by atoms with Gasteiger partial charge in [-0.15, -0.1) is 0 Å². The third-order valence-electron chi connectivity index (χ3n) is 10.5. The fourth-order valence-electron chi connectivity index (χ4n) is 8.39. The maximum Gasteiger partial charge on any atom is 0.306 e. The molecule has 4 unspecified atom stereocenters. The summed E-state index contributed by atoms with van der Waals surface area (Å²) in [5, 5.41) is 25.9. The average Bonchev–Trinajstić information content (AvgIpc) is 3.51. The Labute approximate surface area is 228 Å². The van der Waals surface area contributed by atoms with Crippen LogP contribution in [0.5, 0.6) is 0 Å². The number of carbonyl (C=O) groups is 4. The molecule has 212 valence electrons. The predicted molar refractivity (Wildman–Crippen MR) is 139 cm³/mol. The molecule has 4 aliphatic carbocycles. The number of ketones is 2. The lowest BCUT2D eigenvalue weighted by Gasteiger charge is -2.60. The van der Waals surface area contributed by atoms with Crippen LogP contribution in [0, 0.1) is 28.6 Å². The third-order valence-corrected chi connectivity index (χ3v) is 10.5. The summed E-state index contributed by atoms with van der Waals surface area (Å²) in [6.07, 6.45) is 6.31. The first-order valence-electron chi connectivity index (χ1n) is 14.1. The van der Waals surface area contributed by atoms with Crippen LogP contribution in [0.4, 0.5) is 0 Å². The molecule has 0 saturated heterocycles. The minimum absolute atomic E-state index is 0.0158. The summed E-state index contributed by atoms with van der Waals surface area (Å²) >= 11 is 0. The molecule has 4 aliphatic rings. The highest BCUT2D eigenvalue weighted by molar-refractivity contribution is 5.92. The van der Waals surface area contributed by atoms with E-state index in [9.17, 15) is 29.4 Å². The van der Waals surface area contributed by atoms with Crippen molar-refractivity contribution in [3.05, 3.63) is 35.8 Å². The molecule has 39 heavy (non-hydrogen) atoms. The summed E-state index contributed by atoms with van der Waals surface area (Å²) in [7, 11) is 0. The van der Waals surface area contributed by atoms with E-state index < -0.39 is 35.5 Å². The van der Waals surface area contributed by atoms with E-state index in [2.05, 4.69) is 12.2 Å². The first-order chi connectivity index (χ1) is 18.5. The van der Waals surface area contributed by atoms with Crippen molar-refractivity contribution in [1.29, 1.82) is 0 Å². The van der Waals surface area contributed by atoms with Crippen LogP contribution in [-0.4, -0.2) is 52.0 Å². The Morgan fingerprint density at radius 3 is 2.69 bits per heavy atom. The molecule has 3 saturated carbocycles. The Kier molecular flexibility index (Phi) is 7.35. The molecule has 1 aromatic rings. The van der Waals surface area contributed by atoms with Crippen molar-refractivity contribution >= 4 is 23.4 Å². The highest BCUT2D eigenvalue weighted by atomic mass is 16.5. The van der Waals surface area contributed by atoms with E-state index in [1.165, 1.54) is 6.26 Å². The molecule has 3 fully saturated rings. The molecule has 0 aliphatic heterocycles. The number of ether oxygens (including phenoxy) is 1. The van der Waals surface area contributed by atoms with Gasteiger partial charge in [0.25, 0.3) is 0 Å². The van der Waals surface area contributed by atoms with Crippen LogP contribution in [-0.2, 0) is 30.5 Å². The first-order valence-corrected chi connectivity index (χ1v) is 14.1. The minimum atomic E-state index is -1.70. The molecular formula is C30H39NO8. The minimum Gasteiger partial charge on any atom is -0.467 e. The molecule has 1 heterocycles. The standard InChI is InChI=1S/C30H39NO8/c1-28-11-9-19(32)14-18(28)5-6-21-22-10-12-30(37,29(22,2)15-23(33)27(21)28)24(34)17-39-26(36)8-7-25(35)31-16-20-4-3-13-38-20/h3-4,13-14,21-23,27,33,37H,5-12,15-17H2,1-2H3,(H,31,35)/t21?,22?,23?,27?,28-,29-,30-/m0/s1. The summed E-state index contributed by atoms with van der Waals surface area (Å²) in [5.41, 5.74) is -1.66. The number of carbonyl (C=O) groups excluding carboxylic acids is 4. The summed E-state index contributed by atoms with van der Waals surface area (Å²) < 4.78 is 10.3. The molecule has 3 N–H and O–H groups in total. The second-order valence-corrected chi connectivity index (χ2v) is 12.4. The fourth-order valence-corrected chi connectivity index (χ4v) is 8.39. The summed E-state index contributed by atoms with van der Waals surface area (Å²) in [5.74, 6) is -0.664. The molecule has 0 aromatic carbocycles. The van der Waals surface area contributed by atoms with Gasteiger partial charge in [-0.3, -0.25) is 19.2 Å².